The Morgan fingerprint density at radius 3 is 1.90 bits per heavy atom. The van der Waals surface area contributed by atoms with Gasteiger partial charge in [-0.15, -0.1) is 0 Å². The maximum absolute atomic E-state index is 15.0. The van der Waals surface area contributed by atoms with Gasteiger partial charge in [-0.25, -0.2) is 4.98 Å². The summed E-state index contributed by atoms with van der Waals surface area (Å²) in [4.78, 5) is 5.01. The number of aromatic nitrogens is 1. The van der Waals surface area contributed by atoms with Crippen LogP contribution >= 0.6 is 7.14 Å². The molecule has 0 saturated heterocycles. The predicted molar refractivity (Wildman–Crippen MR) is 163 cm³/mol. The lowest BCUT2D eigenvalue weighted by atomic mass is 9.95. The Morgan fingerprint density at radius 2 is 1.15 bits per heavy atom. The number of fused-ring (bicyclic) bond motifs is 5. The lowest BCUT2D eigenvalue weighted by Crippen LogP contribution is -2.25. The smallest absolute Gasteiger partial charge is 0.171 e. The van der Waals surface area contributed by atoms with Crippen LogP contribution in [0.2, 0.25) is 0 Å². The zero-order valence-corrected chi connectivity index (χ0v) is 21.9. The van der Waals surface area contributed by atoms with E-state index < -0.39 is 7.14 Å². The van der Waals surface area contributed by atoms with Crippen LogP contribution < -0.4 is 15.9 Å². The summed E-state index contributed by atoms with van der Waals surface area (Å²) in [5, 5.41) is 18.3. The summed E-state index contributed by atoms with van der Waals surface area (Å²) < 4.78 is 15.0. The Labute approximate surface area is 226 Å². The molecule has 0 radical (unpaired) electrons. The lowest BCUT2D eigenvalue weighted by molar-refractivity contribution is 0.480. The molecule has 0 unspecified atom stereocenters. The number of benzene rings is 6. The van der Waals surface area contributed by atoms with Crippen molar-refractivity contribution in [3.05, 3.63) is 140 Å². The minimum absolute atomic E-state index is 0.138. The van der Waals surface area contributed by atoms with E-state index in [1.165, 1.54) is 0 Å². The van der Waals surface area contributed by atoms with Crippen LogP contribution in [0.25, 0.3) is 43.7 Å². The highest BCUT2D eigenvalue weighted by molar-refractivity contribution is 7.85. The Morgan fingerprint density at radius 1 is 0.538 bits per heavy atom. The second kappa shape index (κ2) is 9.23. The average Bonchev–Trinajstić information content (AvgIpc) is 3.01. The first-order chi connectivity index (χ1) is 19.1. The number of phenolic OH excluding ortho intramolecular Hbond substituents is 1. The molecule has 1 N–H and O–H groups in total. The Kier molecular flexibility index (Phi) is 5.54. The molecule has 6 aromatic carbocycles. The molecule has 7 rings (SSSR count). The Hall–Kier alpha value is -4.72. The second-order valence-electron chi connectivity index (χ2n) is 9.67. The highest BCUT2D eigenvalue weighted by atomic mass is 31.2. The molecule has 3 nitrogen and oxygen atoms in total. The van der Waals surface area contributed by atoms with E-state index in [4.69, 9.17) is 4.98 Å². The molecule has 1 aromatic heterocycles. The third kappa shape index (κ3) is 3.74. The van der Waals surface area contributed by atoms with Crippen molar-refractivity contribution in [2.75, 3.05) is 0 Å². The van der Waals surface area contributed by atoms with Crippen molar-refractivity contribution >= 4 is 55.5 Å². The van der Waals surface area contributed by atoms with Crippen LogP contribution in [0.1, 0.15) is 0 Å². The molecule has 0 amide bonds. The predicted octanol–water partition coefficient (Wildman–Crippen LogP) is 7.55. The minimum Gasteiger partial charge on any atom is -0.506 e. The van der Waals surface area contributed by atoms with Crippen LogP contribution in [-0.4, -0.2) is 10.1 Å². The summed E-state index contributed by atoms with van der Waals surface area (Å²) in [7, 11) is -3.16. The maximum atomic E-state index is 15.0. The highest BCUT2D eigenvalue weighted by Crippen LogP contribution is 2.44. The number of nitrogens with zero attached hydrogens (tertiary/aromatic N) is 1. The number of aromatic hydroxyl groups is 1. The molecule has 4 heteroatoms. The molecule has 0 aliphatic carbocycles. The van der Waals surface area contributed by atoms with Gasteiger partial charge in [0.1, 0.15) is 11.3 Å². The van der Waals surface area contributed by atoms with Crippen LogP contribution in [0.15, 0.2) is 140 Å². The van der Waals surface area contributed by atoms with Crippen LogP contribution in [0.4, 0.5) is 0 Å². The van der Waals surface area contributed by atoms with Crippen LogP contribution in [-0.2, 0) is 4.57 Å². The number of rotatable bonds is 4. The molecule has 0 fully saturated rings. The van der Waals surface area contributed by atoms with Crippen molar-refractivity contribution in [2.24, 2.45) is 0 Å². The third-order valence-corrected chi connectivity index (χ3v) is 10.5. The first-order valence-corrected chi connectivity index (χ1v) is 14.6. The van der Waals surface area contributed by atoms with Crippen LogP contribution in [0, 0.1) is 0 Å². The van der Waals surface area contributed by atoms with Gasteiger partial charge in [0.2, 0.25) is 0 Å². The van der Waals surface area contributed by atoms with Gasteiger partial charge in [0.05, 0.1) is 5.69 Å². The van der Waals surface area contributed by atoms with E-state index in [9.17, 15) is 5.11 Å². The average molecular weight is 522 g/mol. The van der Waals surface area contributed by atoms with Crippen molar-refractivity contribution in [2.45, 2.75) is 0 Å². The van der Waals surface area contributed by atoms with E-state index in [1.807, 2.05) is 109 Å². The van der Waals surface area contributed by atoms with Crippen molar-refractivity contribution in [3.8, 4) is 17.0 Å². The molecule has 0 saturated carbocycles. The van der Waals surface area contributed by atoms with E-state index >= 15 is 4.57 Å². The van der Waals surface area contributed by atoms with Crippen molar-refractivity contribution in [1.82, 2.24) is 4.98 Å². The van der Waals surface area contributed by atoms with Gasteiger partial charge in [-0.3, -0.25) is 0 Å². The van der Waals surface area contributed by atoms with Crippen LogP contribution in [0.5, 0.6) is 5.75 Å². The maximum Gasteiger partial charge on any atom is 0.171 e. The van der Waals surface area contributed by atoms with E-state index in [0.29, 0.717) is 5.52 Å². The van der Waals surface area contributed by atoms with E-state index in [0.717, 1.165) is 54.1 Å². The van der Waals surface area contributed by atoms with Crippen molar-refractivity contribution < 1.29 is 9.67 Å². The molecule has 1 heterocycles. The second-order valence-corrected chi connectivity index (χ2v) is 12.4. The van der Waals surface area contributed by atoms with E-state index in [1.54, 1.807) is 6.07 Å². The molecule has 7 aromatic rings. The van der Waals surface area contributed by atoms with E-state index in [2.05, 4.69) is 24.3 Å². The summed E-state index contributed by atoms with van der Waals surface area (Å²) in [5.41, 5.74) is 2.15. The number of hydrogen-bond donors (Lipinski definition) is 1. The normalized spacial score (nSPS) is 11.8. The van der Waals surface area contributed by atoms with Crippen LogP contribution in [0.3, 0.4) is 0 Å². The van der Waals surface area contributed by atoms with E-state index in [-0.39, 0.29) is 5.75 Å². The SMILES string of the molecule is O=P(c1ccccc1)(c1ccccc1)c1cccc(-c2nc3c(O)cccc3c3c2ccc2ccccc23)c1. The molecule has 0 aliphatic heterocycles. The van der Waals surface area contributed by atoms with Crippen molar-refractivity contribution in [1.29, 1.82) is 0 Å². The molecule has 0 bridgehead atoms. The minimum atomic E-state index is -3.16. The highest BCUT2D eigenvalue weighted by Gasteiger charge is 2.30. The largest absolute Gasteiger partial charge is 0.506 e. The fourth-order valence-electron chi connectivity index (χ4n) is 5.57. The lowest BCUT2D eigenvalue weighted by Gasteiger charge is -2.21. The summed E-state index contributed by atoms with van der Waals surface area (Å²) in [6.07, 6.45) is 0. The molecule has 186 valence electrons. The van der Waals surface area contributed by atoms with Gasteiger partial charge >= 0.3 is 0 Å². The molecular weight excluding hydrogens is 497 g/mol. The summed E-state index contributed by atoms with van der Waals surface area (Å²) >= 11 is 0. The number of phenols is 1. The first-order valence-electron chi connectivity index (χ1n) is 12.9. The molecule has 0 atom stereocenters. The topological polar surface area (TPSA) is 50.2 Å². The molecule has 0 spiro atoms. The van der Waals surface area contributed by atoms with Gasteiger partial charge in [-0.05, 0) is 22.9 Å². The standard InChI is InChI=1S/C35H24NO2P/c37-32-20-10-19-30-33-29-18-8-7-11-24(29)21-22-31(33)34(36-35(30)32)25-12-9-17-28(23-25)39(38,26-13-3-1-4-14-26)27-15-5-2-6-16-27/h1-23,37H. The fourth-order valence-corrected chi connectivity index (χ4v) is 8.27. The van der Waals surface area contributed by atoms with Gasteiger partial charge in [0, 0.05) is 37.6 Å². The molecule has 39 heavy (non-hydrogen) atoms. The third-order valence-electron chi connectivity index (χ3n) is 7.41. The molecule has 0 aliphatic rings. The van der Waals surface area contributed by atoms with Gasteiger partial charge in [0.15, 0.2) is 7.14 Å². The number of pyridine rings is 1. The zero-order chi connectivity index (χ0) is 26.4. The number of hydrogen-bond acceptors (Lipinski definition) is 3. The van der Waals surface area contributed by atoms with Gasteiger partial charge < -0.3 is 9.67 Å². The molecular formula is C35H24NO2P. The fraction of sp³-hybridized carbons (Fsp3) is 0. The van der Waals surface area contributed by atoms with Gasteiger partial charge in [-0.2, -0.15) is 0 Å². The Balaban J connectivity index is 1.54. The summed E-state index contributed by atoms with van der Waals surface area (Å²) in [6.45, 7) is 0. The zero-order valence-electron chi connectivity index (χ0n) is 21.0. The quantitative estimate of drug-likeness (QED) is 0.192. The monoisotopic (exact) mass is 521 g/mol. The number of para-hydroxylation sites is 1. The summed E-state index contributed by atoms with van der Waals surface area (Å²) in [6, 6.07) is 45.3. The van der Waals surface area contributed by atoms with Gasteiger partial charge in [0.25, 0.3) is 0 Å². The first kappa shape index (κ1) is 23.4. The Bertz CT molecular complexity index is 2010. The van der Waals surface area contributed by atoms with Gasteiger partial charge in [-0.1, -0.05) is 127 Å². The van der Waals surface area contributed by atoms with Crippen molar-refractivity contribution in [3.63, 3.8) is 0 Å². The summed E-state index contributed by atoms with van der Waals surface area (Å²) in [5.74, 6) is 0.138.